The quantitative estimate of drug-likeness (QED) is 0.923. The van der Waals surface area contributed by atoms with E-state index in [4.69, 9.17) is 9.52 Å². The van der Waals surface area contributed by atoms with Crippen LogP contribution in [0.15, 0.2) is 28.7 Å². The minimum Gasteiger partial charge on any atom is -0.478 e. The summed E-state index contributed by atoms with van der Waals surface area (Å²) in [5.41, 5.74) is 2.18. The van der Waals surface area contributed by atoms with Gasteiger partial charge in [-0.1, -0.05) is 12.1 Å². The number of nitrogens with zero attached hydrogens (tertiary/aromatic N) is 1. The third kappa shape index (κ3) is 3.20. The van der Waals surface area contributed by atoms with E-state index in [2.05, 4.69) is 0 Å². The average Bonchev–Trinajstić information content (AvgIpc) is 2.92. The van der Waals surface area contributed by atoms with Gasteiger partial charge in [0.25, 0.3) is 5.91 Å². The molecule has 0 unspecified atom stereocenters. The fourth-order valence-electron chi connectivity index (χ4n) is 3.12. The third-order valence-corrected chi connectivity index (χ3v) is 4.47. The number of rotatable bonds is 4. The van der Waals surface area contributed by atoms with Crippen molar-refractivity contribution in [2.75, 3.05) is 7.05 Å². The van der Waals surface area contributed by atoms with E-state index >= 15 is 0 Å². The molecule has 0 aliphatic heterocycles. The Morgan fingerprint density at radius 2 is 1.88 bits per heavy atom. The summed E-state index contributed by atoms with van der Waals surface area (Å²) in [6.45, 7) is 2.06. The number of carboxylic acids is 1. The highest BCUT2D eigenvalue weighted by molar-refractivity contribution is 6.03. The number of carbonyl (C=O) groups excluding carboxylic acids is 2. The Bertz CT molecular complexity index is 847. The molecule has 1 aliphatic rings. The van der Waals surface area contributed by atoms with Crippen LogP contribution in [-0.2, 0) is 13.0 Å². The van der Waals surface area contributed by atoms with Gasteiger partial charge in [0.05, 0.1) is 11.1 Å². The van der Waals surface area contributed by atoms with Gasteiger partial charge < -0.3 is 14.4 Å². The van der Waals surface area contributed by atoms with Gasteiger partial charge in [-0.25, -0.2) is 4.79 Å². The van der Waals surface area contributed by atoms with Crippen LogP contribution in [0.4, 0.5) is 0 Å². The van der Waals surface area contributed by atoms with Crippen LogP contribution < -0.4 is 0 Å². The van der Waals surface area contributed by atoms with Crippen molar-refractivity contribution in [3.05, 3.63) is 58.0 Å². The Kier molecular flexibility index (Phi) is 4.44. The summed E-state index contributed by atoms with van der Waals surface area (Å²) in [7, 11) is 1.65. The first-order chi connectivity index (χ1) is 11.9. The molecule has 6 heteroatoms. The SMILES string of the molecule is Cc1c(C(=O)N(C)Cc2ccc(C(=O)O)cc2)oc2c1C(=O)CCC2. The molecule has 0 spiro atoms. The highest BCUT2D eigenvalue weighted by atomic mass is 16.4. The Hall–Kier alpha value is -2.89. The molecule has 3 rings (SSSR count). The van der Waals surface area contributed by atoms with Gasteiger partial charge in [-0.2, -0.15) is 0 Å². The zero-order valence-corrected chi connectivity index (χ0v) is 14.2. The van der Waals surface area contributed by atoms with E-state index in [0.717, 1.165) is 12.0 Å². The fraction of sp³-hybridized carbons (Fsp3) is 0.316. The first kappa shape index (κ1) is 17.0. The molecule has 1 heterocycles. The highest BCUT2D eigenvalue weighted by Gasteiger charge is 2.29. The second-order valence-corrected chi connectivity index (χ2v) is 6.29. The van der Waals surface area contributed by atoms with E-state index in [1.54, 1.807) is 26.1 Å². The molecule has 6 nitrogen and oxygen atoms in total. The number of Topliss-reactive ketones (excluding diaryl/α,β-unsaturated/α-hetero) is 1. The monoisotopic (exact) mass is 341 g/mol. The van der Waals surface area contributed by atoms with Crippen molar-refractivity contribution in [2.45, 2.75) is 32.7 Å². The van der Waals surface area contributed by atoms with Gasteiger partial charge in [-0.15, -0.1) is 0 Å². The number of aryl methyl sites for hydroxylation is 1. The van der Waals surface area contributed by atoms with Crippen molar-refractivity contribution in [1.29, 1.82) is 0 Å². The molecule has 1 aromatic heterocycles. The molecule has 1 amide bonds. The zero-order valence-electron chi connectivity index (χ0n) is 14.2. The second-order valence-electron chi connectivity index (χ2n) is 6.29. The van der Waals surface area contributed by atoms with Crippen LogP contribution in [0.2, 0.25) is 0 Å². The van der Waals surface area contributed by atoms with Crippen LogP contribution in [-0.4, -0.2) is 34.7 Å². The van der Waals surface area contributed by atoms with Gasteiger partial charge in [0.1, 0.15) is 5.76 Å². The lowest BCUT2D eigenvalue weighted by Gasteiger charge is -2.16. The number of carbonyl (C=O) groups is 3. The normalized spacial score (nSPS) is 13.4. The van der Waals surface area contributed by atoms with Crippen LogP contribution in [0.1, 0.15) is 61.0 Å². The molecule has 1 N–H and O–H groups in total. The first-order valence-corrected chi connectivity index (χ1v) is 8.11. The number of benzene rings is 1. The Labute approximate surface area is 145 Å². The standard InChI is InChI=1S/C19H19NO5/c1-11-16-14(21)4-3-5-15(16)25-17(11)18(22)20(2)10-12-6-8-13(9-7-12)19(23)24/h6-9H,3-5,10H2,1-2H3,(H,23,24). The van der Waals surface area contributed by atoms with Crippen molar-refractivity contribution in [3.63, 3.8) is 0 Å². The highest BCUT2D eigenvalue weighted by Crippen LogP contribution is 2.30. The summed E-state index contributed by atoms with van der Waals surface area (Å²) in [4.78, 5) is 37.1. The van der Waals surface area contributed by atoms with Crippen molar-refractivity contribution in [3.8, 4) is 0 Å². The van der Waals surface area contributed by atoms with Crippen molar-refractivity contribution in [2.24, 2.45) is 0 Å². The van der Waals surface area contributed by atoms with Gasteiger partial charge in [-0.05, 0) is 31.0 Å². The molecule has 1 aromatic carbocycles. The molecule has 0 bridgehead atoms. The van der Waals surface area contributed by atoms with Crippen LogP contribution in [0.25, 0.3) is 0 Å². The van der Waals surface area contributed by atoms with E-state index < -0.39 is 5.97 Å². The third-order valence-electron chi connectivity index (χ3n) is 4.47. The van der Waals surface area contributed by atoms with E-state index in [1.165, 1.54) is 17.0 Å². The maximum absolute atomic E-state index is 12.7. The molecule has 0 radical (unpaired) electrons. The first-order valence-electron chi connectivity index (χ1n) is 8.11. The second kappa shape index (κ2) is 6.55. The number of ketones is 1. The van der Waals surface area contributed by atoms with E-state index in [1.807, 2.05) is 0 Å². The maximum Gasteiger partial charge on any atom is 0.335 e. The van der Waals surface area contributed by atoms with Crippen LogP contribution in [0, 0.1) is 6.92 Å². The van der Waals surface area contributed by atoms with Crippen LogP contribution in [0.3, 0.4) is 0 Å². The molecule has 130 valence electrons. The Morgan fingerprint density at radius 1 is 1.20 bits per heavy atom. The lowest BCUT2D eigenvalue weighted by molar-refractivity contribution is 0.0694. The van der Waals surface area contributed by atoms with Gasteiger partial charge in [-0.3, -0.25) is 9.59 Å². The smallest absolute Gasteiger partial charge is 0.335 e. The topological polar surface area (TPSA) is 87.8 Å². The van der Waals surface area contributed by atoms with Crippen molar-refractivity contribution >= 4 is 17.7 Å². The maximum atomic E-state index is 12.7. The lowest BCUT2D eigenvalue weighted by atomic mass is 9.94. The van der Waals surface area contributed by atoms with Gasteiger partial charge in [0.2, 0.25) is 0 Å². The number of hydrogen-bond donors (Lipinski definition) is 1. The largest absolute Gasteiger partial charge is 0.478 e. The molecular weight excluding hydrogens is 322 g/mol. The van der Waals surface area contributed by atoms with Crippen molar-refractivity contribution in [1.82, 2.24) is 4.90 Å². The minimum atomic E-state index is -0.988. The Balaban J connectivity index is 1.79. The molecule has 0 saturated heterocycles. The summed E-state index contributed by atoms with van der Waals surface area (Å²) in [6.07, 6.45) is 1.92. The molecular formula is C19H19NO5. The number of hydrogen-bond acceptors (Lipinski definition) is 4. The van der Waals surface area contributed by atoms with Gasteiger partial charge in [0, 0.05) is 32.0 Å². The van der Waals surface area contributed by atoms with Gasteiger partial charge >= 0.3 is 5.97 Å². The molecule has 0 fully saturated rings. The zero-order chi connectivity index (χ0) is 18.1. The molecule has 25 heavy (non-hydrogen) atoms. The minimum absolute atomic E-state index is 0.0356. The lowest BCUT2D eigenvalue weighted by Crippen LogP contribution is -2.26. The summed E-state index contributed by atoms with van der Waals surface area (Å²) in [5.74, 6) is -0.422. The van der Waals surface area contributed by atoms with Crippen LogP contribution in [0.5, 0.6) is 0 Å². The molecule has 1 aliphatic carbocycles. The predicted octanol–water partition coefficient (Wildman–Crippen LogP) is 3.08. The average molecular weight is 341 g/mol. The fourth-order valence-corrected chi connectivity index (χ4v) is 3.12. The van der Waals surface area contributed by atoms with Crippen molar-refractivity contribution < 1.29 is 23.9 Å². The Morgan fingerprint density at radius 3 is 2.48 bits per heavy atom. The summed E-state index contributed by atoms with van der Waals surface area (Å²) in [6, 6.07) is 6.37. The predicted molar refractivity (Wildman–Crippen MR) is 89.9 cm³/mol. The number of furan rings is 1. The number of fused-ring (bicyclic) bond motifs is 1. The van der Waals surface area contributed by atoms with Gasteiger partial charge in [0.15, 0.2) is 11.5 Å². The molecule has 2 aromatic rings. The molecule has 0 atom stereocenters. The van der Waals surface area contributed by atoms with E-state index in [9.17, 15) is 14.4 Å². The van der Waals surface area contributed by atoms with E-state index in [0.29, 0.717) is 36.3 Å². The van der Waals surface area contributed by atoms with Crippen LogP contribution >= 0.6 is 0 Å². The van der Waals surface area contributed by atoms with E-state index in [-0.39, 0.29) is 23.0 Å². The number of amides is 1. The number of carboxylic acid groups (broad SMARTS) is 1. The summed E-state index contributed by atoms with van der Waals surface area (Å²) < 4.78 is 5.69. The molecule has 0 saturated carbocycles. The summed E-state index contributed by atoms with van der Waals surface area (Å²) >= 11 is 0. The summed E-state index contributed by atoms with van der Waals surface area (Å²) in [5, 5.41) is 8.92. The number of aromatic carboxylic acids is 1.